The predicted octanol–water partition coefficient (Wildman–Crippen LogP) is 3.41. The highest BCUT2D eigenvalue weighted by molar-refractivity contribution is 5.95. The molecule has 0 heterocycles. The van der Waals surface area contributed by atoms with Gasteiger partial charge in [-0.1, -0.05) is 18.2 Å². The summed E-state index contributed by atoms with van der Waals surface area (Å²) in [6.07, 6.45) is 0. The molecule has 0 aliphatic rings. The average molecular weight is 275 g/mol. The Kier molecular flexibility index (Phi) is 3.98. The molecule has 0 aliphatic carbocycles. The molecule has 2 rings (SSSR count). The Morgan fingerprint density at radius 3 is 2.15 bits per heavy atom. The molecule has 0 spiro atoms. The molecule has 0 unspecified atom stereocenters. The van der Waals surface area contributed by atoms with Crippen molar-refractivity contribution < 1.29 is 8.78 Å². The standard InChI is InChI=1S/C15H15F2N3/c1-2-20(11-6-4-3-5-7-11)14-12(16)8-10(15(18)19)9-13(14)17/h3-9H,2H2,1H3,(H3,18,19). The second-order valence-electron chi connectivity index (χ2n) is 4.28. The van der Waals surface area contributed by atoms with E-state index in [1.807, 2.05) is 13.0 Å². The topological polar surface area (TPSA) is 53.1 Å². The van der Waals surface area contributed by atoms with Gasteiger partial charge in [-0.15, -0.1) is 0 Å². The molecule has 0 saturated carbocycles. The van der Waals surface area contributed by atoms with Crippen LogP contribution in [0.2, 0.25) is 0 Å². The fourth-order valence-corrected chi connectivity index (χ4v) is 2.06. The van der Waals surface area contributed by atoms with E-state index in [4.69, 9.17) is 11.1 Å². The van der Waals surface area contributed by atoms with Gasteiger partial charge in [0.1, 0.15) is 11.5 Å². The first-order valence-corrected chi connectivity index (χ1v) is 6.20. The summed E-state index contributed by atoms with van der Waals surface area (Å²) in [7, 11) is 0. The maximum absolute atomic E-state index is 14.2. The van der Waals surface area contributed by atoms with Gasteiger partial charge >= 0.3 is 0 Å². The summed E-state index contributed by atoms with van der Waals surface area (Å²) in [5, 5.41) is 7.25. The van der Waals surface area contributed by atoms with Crippen LogP contribution in [0.15, 0.2) is 42.5 Å². The molecule has 0 aliphatic heterocycles. The van der Waals surface area contributed by atoms with E-state index in [1.54, 1.807) is 24.3 Å². The van der Waals surface area contributed by atoms with E-state index in [-0.39, 0.29) is 17.1 Å². The Balaban J connectivity index is 2.53. The number of para-hydroxylation sites is 1. The van der Waals surface area contributed by atoms with Gasteiger partial charge in [0.25, 0.3) is 0 Å². The van der Waals surface area contributed by atoms with Crippen molar-refractivity contribution in [1.29, 1.82) is 5.41 Å². The molecule has 0 radical (unpaired) electrons. The van der Waals surface area contributed by atoms with Crippen LogP contribution in [-0.4, -0.2) is 12.4 Å². The Bertz CT molecular complexity index is 603. The smallest absolute Gasteiger partial charge is 0.150 e. The zero-order valence-corrected chi connectivity index (χ0v) is 11.0. The highest BCUT2D eigenvalue weighted by Crippen LogP contribution is 2.30. The molecule has 0 atom stereocenters. The lowest BCUT2D eigenvalue weighted by molar-refractivity contribution is 0.580. The second-order valence-corrected chi connectivity index (χ2v) is 4.28. The van der Waals surface area contributed by atoms with E-state index in [0.29, 0.717) is 12.2 Å². The largest absolute Gasteiger partial charge is 0.384 e. The van der Waals surface area contributed by atoms with Gasteiger partial charge in [0.2, 0.25) is 0 Å². The first-order chi connectivity index (χ1) is 9.54. The Labute approximate surface area is 116 Å². The number of amidine groups is 1. The van der Waals surface area contributed by atoms with Crippen molar-refractivity contribution in [1.82, 2.24) is 0 Å². The number of anilines is 2. The molecule has 104 valence electrons. The molecular weight excluding hydrogens is 260 g/mol. The first kappa shape index (κ1) is 14.0. The van der Waals surface area contributed by atoms with Crippen molar-refractivity contribution in [3.05, 3.63) is 59.7 Å². The lowest BCUT2D eigenvalue weighted by atomic mass is 10.1. The molecule has 20 heavy (non-hydrogen) atoms. The van der Waals surface area contributed by atoms with Gasteiger partial charge in [-0.2, -0.15) is 0 Å². The van der Waals surface area contributed by atoms with Crippen molar-refractivity contribution in [3.63, 3.8) is 0 Å². The molecule has 3 N–H and O–H groups in total. The van der Waals surface area contributed by atoms with E-state index in [2.05, 4.69) is 0 Å². The quantitative estimate of drug-likeness (QED) is 0.663. The van der Waals surface area contributed by atoms with E-state index in [9.17, 15) is 8.78 Å². The van der Waals surface area contributed by atoms with E-state index in [1.165, 1.54) is 4.90 Å². The summed E-state index contributed by atoms with van der Waals surface area (Å²) in [6.45, 7) is 2.22. The first-order valence-electron chi connectivity index (χ1n) is 6.20. The Morgan fingerprint density at radius 2 is 1.70 bits per heavy atom. The fourth-order valence-electron chi connectivity index (χ4n) is 2.06. The van der Waals surface area contributed by atoms with Gasteiger partial charge in [0.05, 0.1) is 0 Å². The van der Waals surface area contributed by atoms with Gasteiger partial charge in [-0.05, 0) is 31.2 Å². The maximum atomic E-state index is 14.2. The number of nitrogens with zero attached hydrogens (tertiary/aromatic N) is 1. The normalized spacial score (nSPS) is 10.3. The SMILES string of the molecule is CCN(c1ccccc1)c1c(F)cc(C(=N)N)cc1F. The molecule has 0 amide bonds. The molecule has 0 bridgehead atoms. The summed E-state index contributed by atoms with van der Waals surface area (Å²) in [6, 6.07) is 11.2. The Hall–Kier alpha value is -2.43. The number of hydrogen-bond donors (Lipinski definition) is 2. The molecule has 0 aromatic heterocycles. The third-order valence-corrected chi connectivity index (χ3v) is 2.98. The van der Waals surface area contributed by atoms with Crippen LogP contribution in [0, 0.1) is 17.0 Å². The van der Waals surface area contributed by atoms with Crippen LogP contribution < -0.4 is 10.6 Å². The predicted molar refractivity (Wildman–Crippen MR) is 76.5 cm³/mol. The molecule has 2 aromatic carbocycles. The van der Waals surface area contributed by atoms with E-state index >= 15 is 0 Å². The summed E-state index contributed by atoms with van der Waals surface area (Å²) < 4.78 is 28.3. The maximum Gasteiger partial charge on any atom is 0.150 e. The zero-order chi connectivity index (χ0) is 14.7. The van der Waals surface area contributed by atoms with Crippen LogP contribution in [0.3, 0.4) is 0 Å². The summed E-state index contributed by atoms with van der Waals surface area (Å²) >= 11 is 0. The van der Waals surface area contributed by atoms with Crippen LogP contribution in [0.25, 0.3) is 0 Å². The van der Waals surface area contributed by atoms with Gasteiger partial charge in [0, 0.05) is 17.8 Å². The van der Waals surface area contributed by atoms with Crippen LogP contribution in [0.1, 0.15) is 12.5 Å². The lowest BCUT2D eigenvalue weighted by Gasteiger charge is -2.24. The van der Waals surface area contributed by atoms with Crippen LogP contribution >= 0.6 is 0 Å². The van der Waals surface area contributed by atoms with Crippen molar-refractivity contribution in [2.75, 3.05) is 11.4 Å². The molecule has 2 aromatic rings. The second kappa shape index (κ2) is 5.69. The third kappa shape index (κ3) is 2.61. The molecular formula is C15H15F2N3. The van der Waals surface area contributed by atoms with Crippen LogP contribution in [0.5, 0.6) is 0 Å². The minimum atomic E-state index is -0.735. The van der Waals surface area contributed by atoms with Crippen molar-refractivity contribution in [2.45, 2.75) is 6.92 Å². The molecule has 3 nitrogen and oxygen atoms in total. The Morgan fingerprint density at radius 1 is 1.15 bits per heavy atom. The summed E-state index contributed by atoms with van der Waals surface area (Å²) in [5.41, 5.74) is 5.85. The number of nitrogen functional groups attached to an aromatic ring is 1. The number of nitrogens with one attached hydrogen (secondary N) is 1. The summed E-state index contributed by atoms with van der Waals surface area (Å²) in [5.74, 6) is -1.83. The lowest BCUT2D eigenvalue weighted by Crippen LogP contribution is -2.20. The number of benzene rings is 2. The van der Waals surface area contributed by atoms with Crippen LogP contribution in [0.4, 0.5) is 20.2 Å². The average Bonchev–Trinajstić information content (AvgIpc) is 2.43. The minimum absolute atomic E-state index is 0.0351. The molecule has 0 saturated heterocycles. The number of hydrogen-bond acceptors (Lipinski definition) is 2. The number of halogens is 2. The zero-order valence-electron chi connectivity index (χ0n) is 11.0. The monoisotopic (exact) mass is 275 g/mol. The van der Waals surface area contributed by atoms with Gasteiger partial charge in [-0.3, -0.25) is 5.41 Å². The van der Waals surface area contributed by atoms with E-state index < -0.39 is 11.6 Å². The van der Waals surface area contributed by atoms with Crippen LogP contribution in [-0.2, 0) is 0 Å². The van der Waals surface area contributed by atoms with Gasteiger partial charge < -0.3 is 10.6 Å². The highest BCUT2D eigenvalue weighted by atomic mass is 19.1. The highest BCUT2D eigenvalue weighted by Gasteiger charge is 2.19. The third-order valence-electron chi connectivity index (χ3n) is 2.98. The van der Waals surface area contributed by atoms with Crippen molar-refractivity contribution in [2.24, 2.45) is 5.73 Å². The fraction of sp³-hybridized carbons (Fsp3) is 0.133. The van der Waals surface area contributed by atoms with Crippen molar-refractivity contribution >= 4 is 17.2 Å². The minimum Gasteiger partial charge on any atom is -0.384 e. The number of rotatable bonds is 4. The van der Waals surface area contributed by atoms with Gasteiger partial charge in [0.15, 0.2) is 11.6 Å². The van der Waals surface area contributed by atoms with Crippen molar-refractivity contribution in [3.8, 4) is 0 Å². The van der Waals surface area contributed by atoms with E-state index in [0.717, 1.165) is 12.1 Å². The number of nitrogens with two attached hydrogens (primary N) is 1. The van der Waals surface area contributed by atoms with Gasteiger partial charge in [-0.25, -0.2) is 8.78 Å². The summed E-state index contributed by atoms with van der Waals surface area (Å²) in [4.78, 5) is 1.54. The molecule has 0 fully saturated rings. The molecule has 5 heteroatoms.